The number of ether oxygens (including phenoxy) is 1. The van der Waals surface area contributed by atoms with Crippen molar-refractivity contribution >= 4 is 5.84 Å². The van der Waals surface area contributed by atoms with Gasteiger partial charge >= 0.3 is 0 Å². The van der Waals surface area contributed by atoms with E-state index >= 15 is 0 Å². The van der Waals surface area contributed by atoms with E-state index in [4.69, 9.17) is 15.7 Å². The first kappa shape index (κ1) is 12.2. The maximum atomic E-state index is 9.93. The third-order valence-corrected chi connectivity index (χ3v) is 2.51. The Bertz CT molecular complexity index is 227. The number of nitrogens with zero attached hydrogens (tertiary/aromatic N) is 1. The quantitative estimate of drug-likeness (QED) is 0.210. The van der Waals surface area contributed by atoms with Crippen LogP contribution in [0.2, 0.25) is 0 Å². The number of nitrogens with one attached hydrogen (secondary N) is 1. The first-order valence-electron chi connectivity index (χ1n) is 5.06. The lowest BCUT2D eigenvalue weighted by atomic mass is 10.0. The van der Waals surface area contributed by atoms with Crippen molar-refractivity contribution in [2.24, 2.45) is 10.9 Å². The minimum Gasteiger partial charge on any atom is -0.409 e. The highest BCUT2D eigenvalue weighted by Gasteiger charge is 2.32. The Kier molecular flexibility index (Phi) is 4.31. The molecule has 88 valence electrons. The maximum absolute atomic E-state index is 9.93. The molecular weight excluding hydrogens is 198 g/mol. The van der Waals surface area contributed by atoms with Crippen molar-refractivity contribution < 1.29 is 15.1 Å². The predicted molar refractivity (Wildman–Crippen MR) is 55.9 cm³/mol. The fraction of sp³-hybridized carbons (Fsp3) is 0.889. The molecule has 0 aromatic heterocycles. The van der Waals surface area contributed by atoms with Crippen LogP contribution in [0, 0.1) is 0 Å². The van der Waals surface area contributed by atoms with E-state index in [1.54, 1.807) is 0 Å². The van der Waals surface area contributed by atoms with Crippen LogP contribution in [-0.2, 0) is 4.74 Å². The summed E-state index contributed by atoms with van der Waals surface area (Å²) in [6, 6.07) is 0.0607. The van der Waals surface area contributed by atoms with Crippen LogP contribution >= 0.6 is 0 Å². The molecular formula is C9H19N3O3. The Labute approximate surface area is 89.1 Å². The van der Waals surface area contributed by atoms with E-state index in [1.807, 2.05) is 6.92 Å². The van der Waals surface area contributed by atoms with E-state index in [0.717, 1.165) is 0 Å². The van der Waals surface area contributed by atoms with Crippen LogP contribution in [-0.4, -0.2) is 47.6 Å². The number of hydrogen-bond acceptors (Lipinski definition) is 5. The first-order chi connectivity index (χ1) is 7.06. The summed E-state index contributed by atoms with van der Waals surface area (Å²) >= 11 is 0. The zero-order valence-corrected chi connectivity index (χ0v) is 8.94. The van der Waals surface area contributed by atoms with Gasteiger partial charge in [-0.3, -0.25) is 0 Å². The monoisotopic (exact) mass is 217 g/mol. The first-order valence-corrected chi connectivity index (χ1v) is 5.06. The second-order valence-corrected chi connectivity index (χ2v) is 4.10. The molecule has 0 aromatic rings. The Morgan fingerprint density at radius 2 is 2.47 bits per heavy atom. The minimum atomic E-state index is -0.765. The molecule has 1 aliphatic heterocycles. The highest BCUT2D eigenvalue weighted by atomic mass is 16.5. The molecule has 1 aliphatic rings. The van der Waals surface area contributed by atoms with Gasteiger partial charge in [0.1, 0.15) is 11.4 Å². The van der Waals surface area contributed by atoms with Crippen LogP contribution in [0.15, 0.2) is 5.16 Å². The lowest BCUT2D eigenvalue weighted by molar-refractivity contribution is 0.0253. The molecule has 1 fully saturated rings. The van der Waals surface area contributed by atoms with Crippen LogP contribution in [0.5, 0.6) is 0 Å². The normalized spacial score (nSPS) is 29.3. The highest BCUT2D eigenvalue weighted by molar-refractivity contribution is 5.80. The second-order valence-electron chi connectivity index (χ2n) is 4.10. The lowest BCUT2D eigenvalue weighted by Crippen LogP contribution is -2.45. The molecule has 0 spiro atoms. The molecule has 1 rings (SSSR count). The van der Waals surface area contributed by atoms with Gasteiger partial charge in [-0.05, 0) is 6.92 Å². The van der Waals surface area contributed by atoms with Gasteiger partial charge in [-0.2, -0.15) is 0 Å². The van der Waals surface area contributed by atoms with E-state index in [9.17, 15) is 5.11 Å². The number of aliphatic hydroxyl groups is 1. The smallest absolute Gasteiger partial charge is 0.140 e. The zero-order valence-electron chi connectivity index (χ0n) is 8.94. The third-order valence-electron chi connectivity index (χ3n) is 2.51. The summed E-state index contributed by atoms with van der Waals surface area (Å²) in [5.74, 6) is 0.185. The van der Waals surface area contributed by atoms with Crippen LogP contribution in [0.1, 0.15) is 19.8 Å². The molecule has 6 heteroatoms. The van der Waals surface area contributed by atoms with Gasteiger partial charge in [-0.1, -0.05) is 5.16 Å². The van der Waals surface area contributed by atoms with Crippen molar-refractivity contribution in [1.29, 1.82) is 0 Å². The molecule has 15 heavy (non-hydrogen) atoms. The maximum Gasteiger partial charge on any atom is 0.140 e. The molecule has 5 N–H and O–H groups in total. The van der Waals surface area contributed by atoms with E-state index in [2.05, 4.69) is 10.5 Å². The van der Waals surface area contributed by atoms with Gasteiger partial charge in [-0.15, -0.1) is 0 Å². The molecule has 0 radical (unpaired) electrons. The van der Waals surface area contributed by atoms with Gasteiger partial charge in [0.05, 0.1) is 6.61 Å². The number of oxime groups is 1. The topological polar surface area (TPSA) is 100 Å². The van der Waals surface area contributed by atoms with Gasteiger partial charge in [-0.25, -0.2) is 0 Å². The van der Waals surface area contributed by atoms with Gasteiger partial charge < -0.3 is 26.1 Å². The number of nitrogens with two attached hydrogens (primary N) is 1. The molecule has 0 aromatic carbocycles. The molecule has 6 nitrogen and oxygen atoms in total. The fourth-order valence-corrected chi connectivity index (χ4v) is 1.53. The summed E-state index contributed by atoms with van der Waals surface area (Å²) in [6.07, 6.45) is 1.10. The minimum absolute atomic E-state index is 0.0607. The predicted octanol–water partition coefficient (Wildman–Crippen LogP) is -0.748. The summed E-state index contributed by atoms with van der Waals surface area (Å²) in [6.45, 7) is 3.35. The summed E-state index contributed by atoms with van der Waals surface area (Å²) in [4.78, 5) is 0. The Morgan fingerprint density at radius 1 is 1.73 bits per heavy atom. The number of rotatable bonds is 5. The van der Waals surface area contributed by atoms with Crippen LogP contribution in [0.4, 0.5) is 0 Å². The number of amidine groups is 1. The van der Waals surface area contributed by atoms with Crippen molar-refractivity contribution in [2.45, 2.75) is 31.4 Å². The molecule has 0 saturated carbocycles. The lowest BCUT2D eigenvalue weighted by Gasteiger charge is -2.23. The zero-order chi connectivity index (χ0) is 11.3. The van der Waals surface area contributed by atoms with Gasteiger partial charge in [0, 0.05) is 32.0 Å². The van der Waals surface area contributed by atoms with Crippen LogP contribution in [0.25, 0.3) is 0 Å². The fourth-order valence-electron chi connectivity index (χ4n) is 1.53. The SMILES string of the molecule is CC(CC(N)=NO)NCC1(O)CCOC1. The van der Waals surface area contributed by atoms with E-state index in [-0.39, 0.29) is 11.9 Å². The highest BCUT2D eigenvalue weighted by Crippen LogP contribution is 2.17. The van der Waals surface area contributed by atoms with E-state index in [1.165, 1.54) is 0 Å². The Hall–Kier alpha value is -0.850. The van der Waals surface area contributed by atoms with E-state index < -0.39 is 5.60 Å². The molecule has 2 atom stereocenters. The van der Waals surface area contributed by atoms with Crippen molar-refractivity contribution in [3.63, 3.8) is 0 Å². The van der Waals surface area contributed by atoms with E-state index in [0.29, 0.717) is 32.6 Å². The summed E-state index contributed by atoms with van der Waals surface area (Å²) in [7, 11) is 0. The average Bonchev–Trinajstić information content (AvgIpc) is 2.63. The number of hydrogen-bond donors (Lipinski definition) is 4. The van der Waals surface area contributed by atoms with Crippen LogP contribution < -0.4 is 11.1 Å². The second kappa shape index (κ2) is 5.29. The standard InChI is InChI=1S/C9H19N3O3/c1-7(4-8(10)12-14)11-5-9(13)2-3-15-6-9/h7,11,13-14H,2-6H2,1H3,(H2,10,12). The van der Waals surface area contributed by atoms with Crippen LogP contribution in [0.3, 0.4) is 0 Å². The Morgan fingerprint density at radius 3 is 3.00 bits per heavy atom. The molecule has 1 saturated heterocycles. The van der Waals surface area contributed by atoms with Crippen molar-refractivity contribution in [3.05, 3.63) is 0 Å². The van der Waals surface area contributed by atoms with Crippen molar-refractivity contribution in [2.75, 3.05) is 19.8 Å². The average molecular weight is 217 g/mol. The van der Waals surface area contributed by atoms with Gasteiger partial charge in [0.2, 0.25) is 0 Å². The summed E-state index contributed by atoms with van der Waals surface area (Å²) in [5.41, 5.74) is 4.60. The molecule has 0 amide bonds. The Balaban J connectivity index is 2.24. The van der Waals surface area contributed by atoms with Gasteiger partial charge in [0.15, 0.2) is 0 Å². The summed E-state index contributed by atoms with van der Waals surface area (Å²) in [5, 5.41) is 24.3. The molecule has 0 bridgehead atoms. The molecule has 0 aliphatic carbocycles. The molecule has 1 heterocycles. The van der Waals surface area contributed by atoms with Crippen molar-refractivity contribution in [3.8, 4) is 0 Å². The largest absolute Gasteiger partial charge is 0.409 e. The molecule has 2 unspecified atom stereocenters. The van der Waals surface area contributed by atoms with Gasteiger partial charge in [0.25, 0.3) is 0 Å². The third kappa shape index (κ3) is 4.03. The van der Waals surface area contributed by atoms with Crippen molar-refractivity contribution in [1.82, 2.24) is 5.32 Å². The summed E-state index contributed by atoms with van der Waals surface area (Å²) < 4.78 is 5.12.